The lowest BCUT2D eigenvalue weighted by molar-refractivity contribution is -0.117. The number of thioether (sulfide) groups is 1. The molecule has 0 fully saturated rings. The Bertz CT molecular complexity index is 525. The van der Waals surface area contributed by atoms with Gasteiger partial charge in [0.25, 0.3) is 0 Å². The fraction of sp³-hybridized carbons (Fsp3) is 0.312. The van der Waals surface area contributed by atoms with Gasteiger partial charge in [0, 0.05) is 12.2 Å². The fourth-order valence-electron chi connectivity index (χ4n) is 1.97. The van der Waals surface area contributed by atoms with Crippen LogP contribution >= 0.6 is 11.8 Å². The Morgan fingerprint density at radius 1 is 1.25 bits per heavy atom. The summed E-state index contributed by atoms with van der Waals surface area (Å²) in [6.45, 7) is 4.62. The molecule has 106 valence electrons. The number of carbonyl (C=O) groups excluding carboxylic acids is 1. The predicted octanol–water partition coefficient (Wildman–Crippen LogP) is 3.95. The second-order valence-electron chi connectivity index (χ2n) is 4.45. The normalized spacial score (nSPS) is 12.1. The van der Waals surface area contributed by atoms with E-state index in [-0.39, 0.29) is 11.2 Å². The fourth-order valence-corrected chi connectivity index (χ4v) is 2.81. The Hall–Kier alpha value is -1.68. The van der Waals surface area contributed by atoms with E-state index < -0.39 is 0 Å². The molecule has 0 radical (unpaired) electrons. The van der Waals surface area contributed by atoms with E-state index in [0.29, 0.717) is 12.3 Å². The number of amides is 1. The van der Waals surface area contributed by atoms with Crippen LogP contribution in [-0.4, -0.2) is 17.7 Å². The van der Waals surface area contributed by atoms with Gasteiger partial charge in [-0.05, 0) is 38.1 Å². The van der Waals surface area contributed by atoms with Crippen molar-refractivity contribution in [2.24, 2.45) is 0 Å². The van der Waals surface area contributed by atoms with Crippen molar-refractivity contribution in [2.45, 2.75) is 24.9 Å². The number of hydrogen-bond acceptors (Lipinski definition) is 3. The smallest absolute Gasteiger partial charge is 0.239 e. The Morgan fingerprint density at radius 3 is 2.60 bits per heavy atom. The van der Waals surface area contributed by atoms with E-state index in [4.69, 9.17) is 4.42 Å². The van der Waals surface area contributed by atoms with E-state index in [0.717, 1.165) is 11.4 Å². The molecule has 2 aromatic rings. The van der Waals surface area contributed by atoms with E-state index >= 15 is 0 Å². The average Bonchev–Trinajstić information content (AvgIpc) is 3.00. The van der Waals surface area contributed by atoms with Crippen molar-refractivity contribution in [3.05, 3.63) is 54.5 Å². The van der Waals surface area contributed by atoms with E-state index in [1.54, 1.807) is 18.0 Å². The summed E-state index contributed by atoms with van der Waals surface area (Å²) < 4.78 is 5.29. The molecule has 1 unspecified atom stereocenters. The summed E-state index contributed by atoms with van der Waals surface area (Å²) in [5, 5.41) is -0.0970. The van der Waals surface area contributed by atoms with E-state index in [9.17, 15) is 4.79 Å². The van der Waals surface area contributed by atoms with Gasteiger partial charge in [-0.2, -0.15) is 0 Å². The Labute approximate surface area is 124 Å². The molecule has 2 rings (SSSR count). The summed E-state index contributed by atoms with van der Waals surface area (Å²) in [5.41, 5.74) is 0.949. The quantitative estimate of drug-likeness (QED) is 0.807. The lowest BCUT2D eigenvalue weighted by atomic mass is 10.2. The van der Waals surface area contributed by atoms with Crippen LogP contribution in [0.4, 0.5) is 5.69 Å². The molecule has 1 atom stereocenters. The van der Waals surface area contributed by atoms with Crippen molar-refractivity contribution < 1.29 is 9.21 Å². The van der Waals surface area contributed by atoms with Gasteiger partial charge in [-0.25, -0.2) is 0 Å². The summed E-state index contributed by atoms with van der Waals surface area (Å²) in [7, 11) is 0. The van der Waals surface area contributed by atoms with Crippen LogP contribution < -0.4 is 4.90 Å². The van der Waals surface area contributed by atoms with Crippen molar-refractivity contribution in [2.75, 3.05) is 11.4 Å². The zero-order chi connectivity index (χ0) is 14.4. The molecular weight excluding hydrogens is 270 g/mol. The van der Waals surface area contributed by atoms with Crippen LogP contribution in [0.15, 0.2) is 53.1 Å². The van der Waals surface area contributed by atoms with Crippen LogP contribution in [0.25, 0.3) is 0 Å². The Kier molecular flexibility index (Phi) is 5.30. The first-order valence-corrected chi connectivity index (χ1v) is 7.77. The minimum atomic E-state index is -0.0970. The summed E-state index contributed by atoms with van der Waals surface area (Å²) in [5.74, 6) is 1.75. The number of carbonyl (C=O) groups is 1. The number of furan rings is 1. The topological polar surface area (TPSA) is 33.5 Å². The van der Waals surface area contributed by atoms with Crippen molar-refractivity contribution in [1.82, 2.24) is 0 Å². The van der Waals surface area contributed by atoms with Crippen LogP contribution in [-0.2, 0) is 10.5 Å². The first-order valence-electron chi connectivity index (χ1n) is 6.72. The third kappa shape index (κ3) is 3.67. The largest absolute Gasteiger partial charge is 0.468 e. The third-order valence-corrected chi connectivity index (χ3v) is 4.21. The van der Waals surface area contributed by atoms with E-state index in [1.165, 1.54) is 0 Å². The highest BCUT2D eigenvalue weighted by Gasteiger charge is 2.21. The highest BCUT2D eigenvalue weighted by atomic mass is 32.2. The molecule has 20 heavy (non-hydrogen) atoms. The molecule has 3 nitrogen and oxygen atoms in total. The molecule has 0 saturated carbocycles. The molecule has 4 heteroatoms. The van der Waals surface area contributed by atoms with Gasteiger partial charge in [0.1, 0.15) is 5.76 Å². The third-order valence-electron chi connectivity index (χ3n) is 3.05. The van der Waals surface area contributed by atoms with Gasteiger partial charge < -0.3 is 9.32 Å². The molecule has 0 aliphatic carbocycles. The second kappa shape index (κ2) is 7.20. The number of nitrogens with zero attached hydrogens (tertiary/aromatic N) is 1. The minimum absolute atomic E-state index is 0.0970. The van der Waals surface area contributed by atoms with Gasteiger partial charge in [-0.3, -0.25) is 4.79 Å². The molecule has 0 aliphatic rings. The maximum atomic E-state index is 12.5. The Morgan fingerprint density at radius 2 is 2.00 bits per heavy atom. The number of para-hydroxylation sites is 1. The molecule has 0 spiro atoms. The first kappa shape index (κ1) is 14.7. The lowest BCUT2D eigenvalue weighted by Crippen LogP contribution is -2.36. The number of rotatable bonds is 6. The zero-order valence-electron chi connectivity index (χ0n) is 11.8. The highest BCUT2D eigenvalue weighted by Crippen LogP contribution is 2.22. The molecule has 1 aromatic heterocycles. The van der Waals surface area contributed by atoms with Crippen molar-refractivity contribution in [3.63, 3.8) is 0 Å². The van der Waals surface area contributed by atoms with Crippen molar-refractivity contribution in [3.8, 4) is 0 Å². The molecule has 1 aromatic carbocycles. The van der Waals surface area contributed by atoms with Gasteiger partial charge in [0.15, 0.2) is 0 Å². The van der Waals surface area contributed by atoms with Gasteiger partial charge in [0.05, 0.1) is 17.3 Å². The first-order chi connectivity index (χ1) is 9.72. The molecule has 0 saturated heterocycles. The van der Waals surface area contributed by atoms with E-state index in [1.807, 2.05) is 61.2 Å². The average molecular weight is 289 g/mol. The number of hydrogen-bond donors (Lipinski definition) is 0. The lowest BCUT2D eigenvalue weighted by Gasteiger charge is -2.24. The maximum absolute atomic E-state index is 12.5. The standard InChI is InChI=1S/C16H19NO2S/c1-3-17(14-8-5-4-6-9-14)16(18)13(2)20-12-15-10-7-11-19-15/h4-11,13H,3,12H2,1-2H3. The minimum Gasteiger partial charge on any atom is -0.468 e. The molecular formula is C16H19NO2S. The van der Waals surface area contributed by atoms with E-state index in [2.05, 4.69) is 0 Å². The predicted molar refractivity (Wildman–Crippen MR) is 83.9 cm³/mol. The van der Waals surface area contributed by atoms with Crippen LogP contribution in [0.5, 0.6) is 0 Å². The van der Waals surface area contributed by atoms with Crippen molar-refractivity contribution in [1.29, 1.82) is 0 Å². The summed E-state index contributed by atoms with van der Waals surface area (Å²) in [4.78, 5) is 14.3. The molecule has 0 bridgehead atoms. The summed E-state index contributed by atoms with van der Waals surface area (Å²) in [6, 6.07) is 13.6. The molecule has 0 N–H and O–H groups in total. The number of anilines is 1. The van der Waals surface area contributed by atoms with Gasteiger partial charge in [0.2, 0.25) is 5.91 Å². The van der Waals surface area contributed by atoms with Gasteiger partial charge in [-0.1, -0.05) is 18.2 Å². The molecule has 1 heterocycles. The monoisotopic (exact) mass is 289 g/mol. The van der Waals surface area contributed by atoms with Gasteiger partial charge >= 0.3 is 0 Å². The zero-order valence-corrected chi connectivity index (χ0v) is 12.6. The van der Waals surface area contributed by atoms with Crippen LogP contribution in [0, 0.1) is 0 Å². The van der Waals surface area contributed by atoms with Gasteiger partial charge in [-0.15, -0.1) is 11.8 Å². The second-order valence-corrected chi connectivity index (χ2v) is 5.78. The van der Waals surface area contributed by atoms with Crippen LogP contribution in [0.2, 0.25) is 0 Å². The Balaban J connectivity index is 1.97. The molecule has 0 aliphatic heterocycles. The SMILES string of the molecule is CCN(C(=O)C(C)SCc1ccco1)c1ccccc1. The van der Waals surface area contributed by atoms with Crippen LogP contribution in [0.1, 0.15) is 19.6 Å². The molecule has 1 amide bonds. The number of benzene rings is 1. The van der Waals surface area contributed by atoms with Crippen molar-refractivity contribution >= 4 is 23.4 Å². The van der Waals surface area contributed by atoms with Crippen LogP contribution in [0.3, 0.4) is 0 Å². The maximum Gasteiger partial charge on any atom is 0.239 e. The summed E-state index contributed by atoms with van der Waals surface area (Å²) in [6.07, 6.45) is 1.66. The highest BCUT2D eigenvalue weighted by molar-refractivity contribution is 7.99. The summed E-state index contributed by atoms with van der Waals surface area (Å²) >= 11 is 1.60.